The summed E-state index contributed by atoms with van der Waals surface area (Å²) in [6.45, 7) is 4.31. The van der Waals surface area contributed by atoms with Gasteiger partial charge in [-0.05, 0) is 120 Å². The Hall–Kier alpha value is -2.31. The third-order valence-electron chi connectivity index (χ3n) is 8.82. The number of rotatable bonds is 7. The van der Waals surface area contributed by atoms with E-state index in [1.165, 1.54) is 56.3 Å². The molecule has 1 saturated heterocycles. The maximum atomic E-state index is 13.3. The third-order valence-corrected chi connectivity index (χ3v) is 13.0. The number of methoxy groups -OCH3 is 2. The fourth-order valence-corrected chi connectivity index (χ4v) is 10.7. The molecule has 1 fully saturated rings. The highest BCUT2D eigenvalue weighted by atomic mass is 127. The second-order valence-electron chi connectivity index (χ2n) is 11.6. The normalized spacial score (nSPS) is 24.2. The van der Waals surface area contributed by atoms with Crippen LogP contribution in [0.15, 0.2) is 68.7 Å². The van der Waals surface area contributed by atoms with Crippen molar-refractivity contribution in [2.75, 3.05) is 27.3 Å². The van der Waals surface area contributed by atoms with Gasteiger partial charge in [0.05, 0.1) is 35.7 Å². The van der Waals surface area contributed by atoms with Gasteiger partial charge in [0.2, 0.25) is 5.88 Å². The molecule has 0 spiro atoms. The lowest BCUT2D eigenvalue weighted by molar-refractivity contribution is -0.134. The largest absolute Gasteiger partial charge is 0.480 e. The number of halogens is 4. The lowest BCUT2D eigenvalue weighted by atomic mass is 9.92. The molecule has 5 aliphatic rings. The average Bonchev–Trinajstić information content (AvgIpc) is 3.65. The number of allylic oxidation sites excluding steroid dienone is 8. The Labute approximate surface area is 274 Å². The van der Waals surface area contributed by atoms with E-state index in [1.54, 1.807) is 18.2 Å². The number of aromatic nitrogens is 2. The van der Waals surface area contributed by atoms with Crippen LogP contribution in [0.1, 0.15) is 47.8 Å². The zero-order chi connectivity index (χ0) is 30.0. The minimum absolute atomic E-state index is 0.175. The van der Waals surface area contributed by atoms with Gasteiger partial charge in [-0.25, -0.2) is 13.8 Å². The average molecular weight is 805 g/mol. The van der Waals surface area contributed by atoms with Crippen LogP contribution in [0.5, 0.6) is 5.88 Å². The summed E-state index contributed by atoms with van der Waals surface area (Å²) < 4.78 is 41.9. The minimum Gasteiger partial charge on any atom is -0.480 e. The van der Waals surface area contributed by atoms with Crippen LogP contribution >= 0.6 is 43.3 Å². The Balaban J connectivity index is 1.16. The van der Waals surface area contributed by atoms with E-state index in [0.717, 1.165) is 17.7 Å². The molecule has 7 rings (SSSR count). The molecule has 2 atom stereocenters. The summed E-state index contributed by atoms with van der Waals surface area (Å²) >= 11 is 1.98. The van der Waals surface area contributed by atoms with Crippen LogP contribution in [-0.4, -0.2) is 51.8 Å². The van der Waals surface area contributed by atoms with Gasteiger partial charge >= 0.3 is 0 Å². The highest BCUT2D eigenvalue weighted by molar-refractivity contribution is 14.2. The van der Waals surface area contributed by atoms with E-state index in [0.29, 0.717) is 24.0 Å². The van der Waals surface area contributed by atoms with E-state index in [9.17, 15) is 8.78 Å². The molecular formula is C34H31F2I2N3O2. The maximum Gasteiger partial charge on any atom is 0.272 e. The summed E-state index contributed by atoms with van der Waals surface area (Å²) in [6.07, 6.45) is 10.7. The molecule has 3 heterocycles. The first kappa shape index (κ1) is 29.4. The van der Waals surface area contributed by atoms with Gasteiger partial charge in [0.1, 0.15) is 9.39 Å². The highest BCUT2D eigenvalue weighted by Crippen LogP contribution is 2.58. The molecule has 9 heteroatoms. The number of benzene rings is 1. The number of hydrogen-bond acceptors (Lipinski definition) is 5. The molecule has 5 nitrogen and oxygen atoms in total. The Morgan fingerprint density at radius 3 is 2.67 bits per heavy atom. The van der Waals surface area contributed by atoms with Gasteiger partial charge < -0.3 is 9.47 Å². The van der Waals surface area contributed by atoms with Crippen molar-refractivity contribution in [3.05, 3.63) is 96.7 Å². The highest BCUT2D eigenvalue weighted by Gasteiger charge is 2.45. The van der Waals surface area contributed by atoms with Gasteiger partial charge in [-0.1, -0.05) is 37.3 Å². The Morgan fingerprint density at radius 1 is 1.14 bits per heavy atom. The number of likely N-dealkylation sites (tertiary alicyclic amines) is 1. The molecule has 3 aliphatic carbocycles. The second kappa shape index (κ2) is 11.2. The zero-order valence-corrected chi connectivity index (χ0v) is 28.7. The predicted octanol–water partition coefficient (Wildman–Crippen LogP) is 8.03. The van der Waals surface area contributed by atoms with Crippen LogP contribution in [0, 0.1) is 18.8 Å². The van der Waals surface area contributed by atoms with Gasteiger partial charge in [0.25, 0.3) is 5.92 Å². The van der Waals surface area contributed by atoms with Crippen molar-refractivity contribution in [2.24, 2.45) is 11.8 Å². The Kier molecular flexibility index (Phi) is 7.69. The van der Waals surface area contributed by atoms with Crippen molar-refractivity contribution in [1.82, 2.24) is 14.9 Å². The topological polar surface area (TPSA) is 47.5 Å². The molecule has 2 unspecified atom stereocenters. The smallest absolute Gasteiger partial charge is 0.272 e. The number of fused-ring (bicyclic) bond motifs is 1. The van der Waals surface area contributed by atoms with E-state index in [2.05, 4.69) is 83.6 Å². The van der Waals surface area contributed by atoms with Gasteiger partial charge in [0, 0.05) is 23.2 Å². The first-order valence-electron chi connectivity index (χ1n) is 14.4. The van der Waals surface area contributed by atoms with Crippen LogP contribution in [0.4, 0.5) is 8.78 Å². The van der Waals surface area contributed by atoms with Gasteiger partial charge in [0.15, 0.2) is 0 Å². The quantitative estimate of drug-likeness (QED) is 0.210. The Bertz CT molecular complexity index is 1790. The molecule has 2 aliphatic heterocycles. The SMILES string of the molecule is COC1=IC(c2cccc(C3=C(I)C4C(=C4c4cnc(CN5CC(F)(F)C5)c(OC)n4)C=C3)c2C)=C=CC2=C1C(C)CC2. The van der Waals surface area contributed by atoms with E-state index >= 15 is 0 Å². The molecule has 1 aromatic carbocycles. The molecule has 0 saturated carbocycles. The lowest BCUT2D eigenvalue weighted by Gasteiger charge is -2.38. The van der Waals surface area contributed by atoms with Crippen molar-refractivity contribution in [3.63, 3.8) is 0 Å². The molecule has 0 amide bonds. The summed E-state index contributed by atoms with van der Waals surface area (Å²) in [4.78, 5) is 11.0. The van der Waals surface area contributed by atoms with Crippen LogP contribution in [0.3, 0.4) is 0 Å². The standard InChI is InChI=1S/C34H31F2I2N3O2/c1-18-8-9-20-10-13-25(38-32(42-3)28(18)20)22-7-5-6-21(19(22)2)23-11-12-24-29(30(24)31(23)37)26-14-39-27(33(40-26)43-4)15-41-16-34(35,36)17-41/h5-7,10-12,14,18,30H,8-9,15-17H2,1-4H3. The van der Waals surface area contributed by atoms with Crippen LogP contribution in [-0.2, 0) is 11.3 Å². The van der Waals surface area contributed by atoms with Crippen molar-refractivity contribution in [2.45, 2.75) is 39.2 Å². The van der Waals surface area contributed by atoms with Crippen molar-refractivity contribution in [3.8, 4) is 5.88 Å². The summed E-state index contributed by atoms with van der Waals surface area (Å²) in [5.41, 5.74) is 15.2. The van der Waals surface area contributed by atoms with Crippen LogP contribution in [0.2, 0.25) is 0 Å². The molecule has 2 aromatic rings. The third kappa shape index (κ3) is 5.24. The Morgan fingerprint density at radius 2 is 1.93 bits per heavy atom. The number of hydrogen-bond donors (Lipinski definition) is 0. The minimum atomic E-state index is -2.62. The first-order valence-corrected chi connectivity index (χ1v) is 17.6. The van der Waals surface area contributed by atoms with E-state index < -0.39 is 26.7 Å². The molecule has 222 valence electrons. The van der Waals surface area contributed by atoms with Crippen LogP contribution < -0.4 is 4.74 Å². The maximum absolute atomic E-state index is 13.3. The zero-order valence-electron chi connectivity index (χ0n) is 24.4. The fraction of sp³-hybridized carbons (Fsp3) is 0.353. The van der Waals surface area contributed by atoms with E-state index in [1.807, 2.05) is 7.11 Å². The van der Waals surface area contributed by atoms with Gasteiger partial charge in [-0.15, -0.1) is 5.73 Å². The fourth-order valence-electron chi connectivity index (χ4n) is 6.54. The van der Waals surface area contributed by atoms with Crippen molar-refractivity contribution >= 4 is 61.7 Å². The first-order chi connectivity index (χ1) is 20.7. The van der Waals surface area contributed by atoms with Crippen LogP contribution in [0.25, 0.3) is 14.7 Å². The van der Waals surface area contributed by atoms with E-state index in [-0.39, 0.29) is 19.0 Å². The monoisotopic (exact) mass is 805 g/mol. The summed E-state index contributed by atoms with van der Waals surface area (Å²) in [5.74, 6) is -1.51. The summed E-state index contributed by atoms with van der Waals surface area (Å²) in [6, 6.07) is 6.59. The molecule has 1 aromatic heterocycles. The molecule has 43 heavy (non-hydrogen) atoms. The van der Waals surface area contributed by atoms with Crippen molar-refractivity contribution in [1.29, 1.82) is 0 Å². The number of alkyl halides is 2. The molecule has 0 N–H and O–H groups in total. The molecule has 0 bridgehead atoms. The molecule has 0 radical (unpaired) electrons. The van der Waals surface area contributed by atoms with Gasteiger partial charge in [-0.3, -0.25) is 9.88 Å². The molecular weight excluding hydrogens is 774 g/mol. The second-order valence-corrected chi connectivity index (χ2v) is 15.4. The number of nitrogens with zero attached hydrogens (tertiary/aromatic N) is 3. The van der Waals surface area contributed by atoms with Crippen molar-refractivity contribution < 1.29 is 18.3 Å². The number of ether oxygens (including phenoxy) is 2. The lowest BCUT2D eigenvalue weighted by Crippen LogP contribution is -2.55. The predicted molar refractivity (Wildman–Crippen MR) is 183 cm³/mol. The summed E-state index contributed by atoms with van der Waals surface area (Å²) in [5, 5.41) is 0. The summed E-state index contributed by atoms with van der Waals surface area (Å²) in [7, 11) is 3.37. The van der Waals surface area contributed by atoms with Gasteiger partial charge in [-0.2, -0.15) is 0 Å². The van der Waals surface area contributed by atoms with E-state index in [4.69, 9.17) is 14.5 Å².